The average Bonchev–Trinajstić information content (AvgIpc) is 3.05. The smallest absolute Gasteiger partial charge is 0.262 e. The van der Waals surface area contributed by atoms with E-state index in [9.17, 15) is 4.79 Å². The van der Waals surface area contributed by atoms with Crippen molar-refractivity contribution < 1.29 is 9.53 Å². The van der Waals surface area contributed by atoms with Gasteiger partial charge in [-0.25, -0.2) is 0 Å². The summed E-state index contributed by atoms with van der Waals surface area (Å²) >= 11 is 7.03. The van der Waals surface area contributed by atoms with Gasteiger partial charge in [-0.1, -0.05) is 52.3 Å². The van der Waals surface area contributed by atoms with E-state index in [1.165, 1.54) is 0 Å². The molecule has 3 nitrogen and oxygen atoms in total. The SMILES string of the molecule is COc1ccc(C=C2C=C(c3ccccc3)N(c3ccc(Br)cc3C)C2=O)cc1Br. The molecule has 30 heavy (non-hydrogen) atoms. The molecule has 0 saturated carbocycles. The normalized spacial score (nSPS) is 14.9. The van der Waals surface area contributed by atoms with Gasteiger partial charge >= 0.3 is 0 Å². The molecule has 0 radical (unpaired) electrons. The number of hydrogen-bond acceptors (Lipinski definition) is 2. The van der Waals surface area contributed by atoms with Crippen LogP contribution in [0.4, 0.5) is 5.69 Å². The van der Waals surface area contributed by atoms with Crippen LogP contribution in [0.2, 0.25) is 0 Å². The summed E-state index contributed by atoms with van der Waals surface area (Å²) in [6.45, 7) is 2.01. The first kappa shape index (κ1) is 20.6. The van der Waals surface area contributed by atoms with Crippen molar-refractivity contribution in [1.82, 2.24) is 0 Å². The van der Waals surface area contributed by atoms with E-state index in [-0.39, 0.29) is 5.91 Å². The summed E-state index contributed by atoms with van der Waals surface area (Å²) < 4.78 is 7.14. The van der Waals surface area contributed by atoms with Gasteiger partial charge in [-0.15, -0.1) is 0 Å². The third-order valence-corrected chi connectivity index (χ3v) is 6.06. The molecule has 1 aliphatic rings. The number of benzene rings is 3. The molecule has 0 saturated heterocycles. The van der Waals surface area contributed by atoms with Gasteiger partial charge in [0.25, 0.3) is 5.91 Å². The minimum absolute atomic E-state index is 0.0498. The lowest BCUT2D eigenvalue weighted by atomic mass is 10.1. The second-order valence-corrected chi connectivity index (χ2v) is 8.73. The lowest BCUT2D eigenvalue weighted by Gasteiger charge is -2.23. The van der Waals surface area contributed by atoms with Crippen LogP contribution in [0.1, 0.15) is 16.7 Å². The minimum Gasteiger partial charge on any atom is -0.496 e. The molecule has 0 bridgehead atoms. The highest BCUT2D eigenvalue weighted by molar-refractivity contribution is 9.10. The molecule has 0 unspecified atom stereocenters. The fraction of sp³-hybridized carbons (Fsp3) is 0.0800. The average molecular weight is 525 g/mol. The van der Waals surface area contributed by atoms with Crippen LogP contribution in [0, 0.1) is 6.92 Å². The Morgan fingerprint density at radius 2 is 1.73 bits per heavy atom. The van der Waals surface area contributed by atoms with Crippen molar-refractivity contribution in [3.63, 3.8) is 0 Å². The summed E-state index contributed by atoms with van der Waals surface area (Å²) in [5.41, 5.74) is 5.31. The van der Waals surface area contributed by atoms with Crippen LogP contribution in [-0.2, 0) is 4.79 Å². The Balaban J connectivity index is 1.82. The number of anilines is 1. The number of nitrogens with zero attached hydrogens (tertiary/aromatic N) is 1. The Morgan fingerprint density at radius 3 is 2.40 bits per heavy atom. The van der Waals surface area contributed by atoms with E-state index in [0.29, 0.717) is 5.57 Å². The molecule has 3 aromatic rings. The number of rotatable bonds is 4. The minimum atomic E-state index is -0.0498. The fourth-order valence-corrected chi connectivity index (χ4v) is 4.53. The lowest BCUT2D eigenvalue weighted by Crippen LogP contribution is -2.25. The molecule has 1 aliphatic heterocycles. The summed E-state index contributed by atoms with van der Waals surface area (Å²) in [7, 11) is 1.63. The van der Waals surface area contributed by atoms with Crippen LogP contribution in [0.5, 0.6) is 5.75 Å². The molecule has 0 aliphatic carbocycles. The molecule has 1 heterocycles. The van der Waals surface area contributed by atoms with Gasteiger partial charge in [0.15, 0.2) is 0 Å². The van der Waals surface area contributed by atoms with E-state index < -0.39 is 0 Å². The van der Waals surface area contributed by atoms with Gasteiger partial charge in [0.05, 0.1) is 23.0 Å². The lowest BCUT2D eigenvalue weighted by molar-refractivity contribution is -0.113. The quantitative estimate of drug-likeness (QED) is 0.344. The van der Waals surface area contributed by atoms with E-state index in [4.69, 9.17) is 4.74 Å². The van der Waals surface area contributed by atoms with Crippen molar-refractivity contribution in [1.29, 1.82) is 0 Å². The van der Waals surface area contributed by atoms with Gasteiger partial charge in [0, 0.05) is 10.0 Å². The number of aryl methyl sites for hydroxylation is 1. The summed E-state index contributed by atoms with van der Waals surface area (Å²) in [5, 5.41) is 0. The van der Waals surface area contributed by atoms with Gasteiger partial charge in [-0.2, -0.15) is 0 Å². The predicted molar refractivity (Wildman–Crippen MR) is 129 cm³/mol. The van der Waals surface area contributed by atoms with Gasteiger partial charge in [0.1, 0.15) is 5.75 Å². The van der Waals surface area contributed by atoms with E-state index in [0.717, 1.165) is 42.8 Å². The highest BCUT2D eigenvalue weighted by Crippen LogP contribution is 2.38. The molecule has 0 aromatic heterocycles. The number of halogens is 2. The van der Waals surface area contributed by atoms with E-state index in [1.54, 1.807) is 12.0 Å². The predicted octanol–water partition coefficient (Wildman–Crippen LogP) is 7.00. The topological polar surface area (TPSA) is 29.5 Å². The van der Waals surface area contributed by atoms with Crippen molar-refractivity contribution in [3.8, 4) is 5.75 Å². The second kappa shape index (κ2) is 8.62. The largest absolute Gasteiger partial charge is 0.496 e. The highest BCUT2D eigenvalue weighted by atomic mass is 79.9. The van der Waals surface area contributed by atoms with Crippen LogP contribution in [0.3, 0.4) is 0 Å². The van der Waals surface area contributed by atoms with Crippen LogP contribution in [-0.4, -0.2) is 13.0 Å². The zero-order valence-electron chi connectivity index (χ0n) is 16.5. The van der Waals surface area contributed by atoms with Gasteiger partial charge in [-0.05, 0) is 82.0 Å². The molecule has 150 valence electrons. The molecule has 3 aromatic carbocycles. The molecule has 0 N–H and O–H groups in total. The Labute approximate surface area is 192 Å². The molecule has 4 rings (SSSR count). The highest BCUT2D eigenvalue weighted by Gasteiger charge is 2.31. The molecule has 0 atom stereocenters. The first-order valence-corrected chi connectivity index (χ1v) is 11.0. The summed E-state index contributed by atoms with van der Waals surface area (Å²) in [6, 6.07) is 21.7. The number of amides is 1. The van der Waals surface area contributed by atoms with Gasteiger partial charge in [0.2, 0.25) is 0 Å². The van der Waals surface area contributed by atoms with Crippen LogP contribution in [0.25, 0.3) is 11.8 Å². The van der Waals surface area contributed by atoms with E-state index in [1.807, 2.05) is 85.8 Å². The maximum absolute atomic E-state index is 13.5. The fourth-order valence-electron chi connectivity index (χ4n) is 3.50. The monoisotopic (exact) mass is 523 g/mol. The second-order valence-electron chi connectivity index (χ2n) is 6.96. The maximum Gasteiger partial charge on any atom is 0.262 e. The Kier molecular flexibility index (Phi) is 5.93. The molecular weight excluding hydrogens is 506 g/mol. The number of ether oxygens (including phenoxy) is 1. The van der Waals surface area contributed by atoms with Crippen molar-refractivity contribution >= 4 is 55.2 Å². The number of carbonyl (C=O) groups excluding carboxylic acids is 1. The summed E-state index contributed by atoms with van der Waals surface area (Å²) in [5.74, 6) is 0.703. The standard InChI is InChI=1S/C25H19Br2NO2/c1-16-12-20(26)9-10-22(16)28-23(18-6-4-3-5-7-18)15-19(25(28)29)13-17-8-11-24(30-2)21(27)14-17/h3-15H,1-2H3. The molecule has 5 heteroatoms. The summed E-state index contributed by atoms with van der Waals surface area (Å²) in [4.78, 5) is 15.3. The number of methoxy groups -OCH3 is 1. The van der Waals surface area contributed by atoms with E-state index in [2.05, 4.69) is 31.9 Å². The number of carbonyl (C=O) groups is 1. The van der Waals surface area contributed by atoms with Crippen molar-refractivity contribution in [2.45, 2.75) is 6.92 Å². The molecule has 0 fully saturated rings. The van der Waals surface area contributed by atoms with Gasteiger partial charge < -0.3 is 4.74 Å². The molecule has 1 amide bonds. The maximum atomic E-state index is 13.5. The van der Waals surface area contributed by atoms with Crippen molar-refractivity contribution in [3.05, 3.63) is 104 Å². The van der Waals surface area contributed by atoms with Crippen LogP contribution in [0.15, 0.2) is 87.3 Å². The Bertz CT molecular complexity index is 1180. The zero-order chi connectivity index (χ0) is 21.3. The first-order chi connectivity index (χ1) is 14.5. The molecular formula is C25H19Br2NO2. The van der Waals surface area contributed by atoms with Crippen molar-refractivity contribution in [2.75, 3.05) is 12.0 Å². The van der Waals surface area contributed by atoms with E-state index >= 15 is 0 Å². The third-order valence-electron chi connectivity index (χ3n) is 4.95. The zero-order valence-corrected chi connectivity index (χ0v) is 19.7. The number of hydrogen-bond donors (Lipinski definition) is 0. The third kappa shape index (κ3) is 4.00. The van der Waals surface area contributed by atoms with Crippen LogP contribution < -0.4 is 9.64 Å². The Hall–Kier alpha value is -2.63. The first-order valence-electron chi connectivity index (χ1n) is 9.41. The van der Waals surface area contributed by atoms with Crippen molar-refractivity contribution in [2.24, 2.45) is 0 Å². The Morgan fingerprint density at radius 1 is 0.967 bits per heavy atom. The summed E-state index contributed by atoms with van der Waals surface area (Å²) in [6.07, 6.45) is 3.86. The molecule has 0 spiro atoms. The van der Waals surface area contributed by atoms with Crippen LogP contribution >= 0.6 is 31.9 Å². The van der Waals surface area contributed by atoms with Gasteiger partial charge in [-0.3, -0.25) is 9.69 Å².